The number of halogens is 2. The number of nitrogens with zero attached hydrogens (tertiary/aromatic N) is 1. The molecule has 0 aromatic heterocycles. The van der Waals surface area contributed by atoms with Gasteiger partial charge < -0.3 is 17.1 Å². The van der Waals surface area contributed by atoms with E-state index in [1.165, 1.54) is 5.54 Å². The van der Waals surface area contributed by atoms with E-state index in [-0.39, 0.29) is 17.9 Å². The Balaban J connectivity index is 0.00000121. The monoisotopic (exact) mass is 209 g/mol. The van der Waals surface area contributed by atoms with Gasteiger partial charge in [0, 0.05) is 13.8 Å². The van der Waals surface area contributed by atoms with Crippen LogP contribution in [0.5, 0.6) is 0 Å². The lowest BCUT2D eigenvalue weighted by molar-refractivity contribution is -0.557. The van der Waals surface area contributed by atoms with Gasteiger partial charge >= 0.3 is 5.90 Å². The Morgan fingerprint density at radius 1 is 1.50 bits per heavy atom. The van der Waals surface area contributed by atoms with Crippen LogP contribution >= 0.6 is 11.6 Å². The maximum atomic E-state index is 5.60. The van der Waals surface area contributed by atoms with Crippen molar-refractivity contribution in [2.45, 2.75) is 26.3 Å². The largest absolute Gasteiger partial charge is 1.00 e. The van der Waals surface area contributed by atoms with E-state index in [2.05, 4.69) is 18.4 Å². The maximum Gasteiger partial charge on any atom is 0.339 e. The molecule has 0 amide bonds. The van der Waals surface area contributed by atoms with Crippen molar-refractivity contribution in [3.8, 4) is 0 Å². The molecule has 0 saturated heterocycles. The SMILES string of the molecule is CC1=[N+](C)C(C)(C)/C(=C/Cl)O1.[Cl-]. The van der Waals surface area contributed by atoms with Crippen LogP contribution in [0, 0.1) is 0 Å². The molecular weight excluding hydrogens is 197 g/mol. The van der Waals surface area contributed by atoms with E-state index in [0.29, 0.717) is 0 Å². The summed E-state index contributed by atoms with van der Waals surface area (Å²) in [4.78, 5) is 0. The number of rotatable bonds is 0. The Morgan fingerprint density at radius 2 is 2.00 bits per heavy atom. The molecular formula is C8H13Cl2NO. The van der Waals surface area contributed by atoms with Gasteiger partial charge in [0.2, 0.25) is 5.54 Å². The highest BCUT2D eigenvalue weighted by atomic mass is 35.5. The molecule has 1 heterocycles. The molecule has 0 spiro atoms. The molecule has 1 aliphatic rings. The van der Waals surface area contributed by atoms with E-state index < -0.39 is 0 Å². The van der Waals surface area contributed by atoms with Crippen molar-refractivity contribution in [3.05, 3.63) is 11.3 Å². The van der Waals surface area contributed by atoms with Gasteiger partial charge in [-0.05, 0) is 0 Å². The third-order valence-corrected chi connectivity index (χ3v) is 2.47. The Hall–Kier alpha value is -0.210. The zero-order valence-corrected chi connectivity index (χ0v) is 9.20. The third kappa shape index (κ3) is 1.59. The molecule has 1 aliphatic heterocycles. The van der Waals surface area contributed by atoms with Crippen molar-refractivity contribution in [2.24, 2.45) is 0 Å². The van der Waals surface area contributed by atoms with Crippen LogP contribution < -0.4 is 12.4 Å². The Morgan fingerprint density at radius 3 is 2.17 bits per heavy atom. The molecule has 0 aliphatic carbocycles. The molecule has 0 N–H and O–H groups in total. The fraction of sp³-hybridized carbons (Fsp3) is 0.625. The van der Waals surface area contributed by atoms with Crippen molar-refractivity contribution in [3.63, 3.8) is 0 Å². The molecule has 4 heteroatoms. The van der Waals surface area contributed by atoms with E-state index in [4.69, 9.17) is 16.3 Å². The van der Waals surface area contributed by atoms with Crippen molar-refractivity contribution in [1.82, 2.24) is 0 Å². The first kappa shape index (κ1) is 11.8. The second-order valence-corrected chi connectivity index (χ2v) is 3.43. The molecule has 12 heavy (non-hydrogen) atoms. The van der Waals surface area contributed by atoms with Crippen LogP contribution in [0.25, 0.3) is 0 Å². The average Bonchev–Trinajstić information content (AvgIpc) is 2.13. The first-order valence-electron chi connectivity index (χ1n) is 3.56. The minimum Gasteiger partial charge on any atom is -1.00 e. The van der Waals surface area contributed by atoms with Gasteiger partial charge in [0.25, 0.3) is 0 Å². The highest BCUT2D eigenvalue weighted by Gasteiger charge is 2.43. The summed E-state index contributed by atoms with van der Waals surface area (Å²) in [5.41, 5.74) is 1.39. The van der Waals surface area contributed by atoms with Gasteiger partial charge in [-0.2, -0.15) is 4.58 Å². The smallest absolute Gasteiger partial charge is 0.339 e. The molecule has 70 valence electrons. The molecule has 0 aromatic carbocycles. The second kappa shape index (κ2) is 3.67. The summed E-state index contributed by atoms with van der Waals surface area (Å²) in [6.45, 7) is 6.06. The van der Waals surface area contributed by atoms with Gasteiger partial charge in [-0.1, -0.05) is 11.6 Å². The molecule has 0 fully saturated rings. The van der Waals surface area contributed by atoms with E-state index in [9.17, 15) is 0 Å². The summed E-state index contributed by atoms with van der Waals surface area (Å²) in [6, 6.07) is 0. The quantitative estimate of drug-likeness (QED) is 0.464. The normalized spacial score (nSPS) is 23.9. The Bertz CT molecular complexity index is 243. The van der Waals surface area contributed by atoms with Gasteiger partial charge in [-0.25, -0.2) is 0 Å². The standard InChI is InChI=1S/C8H13ClNO.ClH/c1-6-10(4)8(2,3)7(5-9)11-6;/h5H,1-4H3;1H/q+1;/p-1/b7-5-;. The lowest BCUT2D eigenvalue weighted by Gasteiger charge is -2.11. The average molecular weight is 210 g/mol. The lowest BCUT2D eigenvalue weighted by atomic mass is 10.0. The fourth-order valence-electron chi connectivity index (χ4n) is 1.07. The summed E-state index contributed by atoms with van der Waals surface area (Å²) in [7, 11) is 1.99. The van der Waals surface area contributed by atoms with E-state index in [0.717, 1.165) is 11.7 Å². The van der Waals surface area contributed by atoms with Crippen molar-refractivity contribution < 1.29 is 21.7 Å². The van der Waals surface area contributed by atoms with Crippen LogP contribution in [-0.4, -0.2) is 23.1 Å². The second-order valence-electron chi connectivity index (χ2n) is 3.21. The van der Waals surface area contributed by atoms with Gasteiger partial charge in [-0.3, -0.25) is 0 Å². The zero-order chi connectivity index (χ0) is 8.65. The highest BCUT2D eigenvalue weighted by molar-refractivity contribution is 6.25. The molecule has 0 atom stereocenters. The first-order valence-corrected chi connectivity index (χ1v) is 4.00. The highest BCUT2D eigenvalue weighted by Crippen LogP contribution is 2.27. The maximum absolute atomic E-state index is 5.60. The Labute approximate surface area is 84.3 Å². The van der Waals surface area contributed by atoms with E-state index in [1.54, 1.807) is 0 Å². The van der Waals surface area contributed by atoms with Gasteiger partial charge in [0.05, 0.1) is 12.5 Å². The molecule has 0 aromatic rings. The fourth-order valence-corrected chi connectivity index (χ4v) is 1.38. The number of hydrogen-bond donors (Lipinski definition) is 0. The molecule has 1 rings (SSSR count). The molecule has 0 radical (unpaired) electrons. The molecule has 0 bridgehead atoms. The minimum absolute atomic E-state index is 0. The minimum atomic E-state index is -0.105. The van der Waals surface area contributed by atoms with Gasteiger partial charge in [0.15, 0.2) is 5.76 Å². The topological polar surface area (TPSA) is 12.2 Å². The summed E-state index contributed by atoms with van der Waals surface area (Å²) in [6.07, 6.45) is 0. The summed E-state index contributed by atoms with van der Waals surface area (Å²) < 4.78 is 7.47. The van der Waals surface area contributed by atoms with Crippen LogP contribution in [0.15, 0.2) is 11.3 Å². The molecule has 2 nitrogen and oxygen atoms in total. The summed E-state index contributed by atoms with van der Waals surface area (Å²) in [5, 5.41) is 0. The Kier molecular flexibility index (Phi) is 3.60. The summed E-state index contributed by atoms with van der Waals surface area (Å²) in [5.74, 6) is 1.70. The van der Waals surface area contributed by atoms with Crippen LogP contribution in [0.4, 0.5) is 0 Å². The van der Waals surface area contributed by atoms with Crippen molar-refractivity contribution >= 4 is 17.5 Å². The third-order valence-electron chi connectivity index (χ3n) is 2.27. The van der Waals surface area contributed by atoms with Crippen LogP contribution in [0.2, 0.25) is 0 Å². The van der Waals surface area contributed by atoms with Crippen molar-refractivity contribution in [2.75, 3.05) is 7.05 Å². The van der Waals surface area contributed by atoms with Crippen LogP contribution in [0.3, 0.4) is 0 Å². The molecule has 0 unspecified atom stereocenters. The van der Waals surface area contributed by atoms with Gasteiger partial charge in [0.1, 0.15) is 7.05 Å². The van der Waals surface area contributed by atoms with E-state index in [1.807, 2.05) is 14.0 Å². The van der Waals surface area contributed by atoms with Gasteiger partial charge in [-0.15, -0.1) is 0 Å². The lowest BCUT2D eigenvalue weighted by Crippen LogP contribution is -3.00. The van der Waals surface area contributed by atoms with E-state index >= 15 is 0 Å². The number of likely N-dealkylation sites (N-methyl/N-ethyl adjacent to an activating group) is 1. The number of hydrogen-bond acceptors (Lipinski definition) is 1. The van der Waals surface area contributed by atoms with Crippen molar-refractivity contribution in [1.29, 1.82) is 0 Å². The predicted octanol–water partition coefficient (Wildman–Crippen LogP) is -1.06. The predicted molar refractivity (Wildman–Crippen MR) is 46.0 cm³/mol. The summed E-state index contributed by atoms with van der Waals surface area (Å²) >= 11 is 5.60. The number of ether oxygens (including phenoxy) is 1. The van der Waals surface area contributed by atoms with Crippen LogP contribution in [-0.2, 0) is 4.74 Å². The zero-order valence-electron chi connectivity index (χ0n) is 7.69. The molecule has 0 saturated carbocycles. The van der Waals surface area contributed by atoms with Crippen LogP contribution in [0.1, 0.15) is 20.8 Å². The first-order chi connectivity index (χ1) is 5.00.